The first-order valence-corrected chi connectivity index (χ1v) is 4.56. The van der Waals surface area contributed by atoms with Crippen molar-refractivity contribution in [1.82, 2.24) is 19.3 Å². The van der Waals surface area contributed by atoms with Gasteiger partial charge in [-0.15, -0.1) is 0 Å². The fraction of sp³-hybridized carbons (Fsp3) is 0.333. The van der Waals surface area contributed by atoms with Crippen LogP contribution < -0.4 is 5.32 Å². The monoisotopic (exact) mass is 191 g/mol. The smallest absolute Gasteiger partial charge is 0.207 e. The van der Waals surface area contributed by atoms with Crippen LogP contribution in [0.15, 0.2) is 24.8 Å². The van der Waals surface area contributed by atoms with Crippen LogP contribution in [0.2, 0.25) is 0 Å². The SMILES string of the molecule is CCn1cc(Nc2nccn2C)cn1. The van der Waals surface area contributed by atoms with Gasteiger partial charge >= 0.3 is 0 Å². The van der Waals surface area contributed by atoms with Gasteiger partial charge in [-0.05, 0) is 6.92 Å². The molecule has 5 nitrogen and oxygen atoms in total. The number of imidazole rings is 1. The normalized spacial score (nSPS) is 10.4. The second-order valence-electron chi connectivity index (χ2n) is 3.07. The largest absolute Gasteiger partial charge is 0.323 e. The van der Waals surface area contributed by atoms with Crippen LogP contribution in [0.4, 0.5) is 11.6 Å². The summed E-state index contributed by atoms with van der Waals surface area (Å²) < 4.78 is 3.79. The van der Waals surface area contributed by atoms with Crippen LogP contribution in [-0.4, -0.2) is 19.3 Å². The molecule has 14 heavy (non-hydrogen) atoms. The lowest BCUT2D eigenvalue weighted by Gasteiger charge is -2.01. The Labute approximate surface area is 82.4 Å². The minimum atomic E-state index is 0.820. The van der Waals surface area contributed by atoms with Crippen molar-refractivity contribution in [2.75, 3.05) is 5.32 Å². The van der Waals surface area contributed by atoms with Crippen molar-refractivity contribution in [2.24, 2.45) is 7.05 Å². The molecule has 0 aromatic carbocycles. The van der Waals surface area contributed by atoms with E-state index in [0.717, 1.165) is 18.2 Å². The van der Waals surface area contributed by atoms with Crippen LogP contribution in [0.3, 0.4) is 0 Å². The molecule has 0 bridgehead atoms. The van der Waals surface area contributed by atoms with Crippen molar-refractivity contribution >= 4 is 11.6 Å². The summed E-state index contributed by atoms with van der Waals surface area (Å²) in [5, 5.41) is 7.34. The van der Waals surface area contributed by atoms with Crippen molar-refractivity contribution in [2.45, 2.75) is 13.5 Å². The zero-order chi connectivity index (χ0) is 9.97. The second kappa shape index (κ2) is 3.53. The maximum Gasteiger partial charge on any atom is 0.207 e. The van der Waals surface area contributed by atoms with Gasteiger partial charge in [-0.25, -0.2) is 4.98 Å². The number of anilines is 2. The Bertz CT molecular complexity index is 414. The van der Waals surface area contributed by atoms with E-state index in [9.17, 15) is 0 Å². The Morgan fingerprint density at radius 3 is 2.93 bits per heavy atom. The molecule has 5 heteroatoms. The number of rotatable bonds is 3. The molecule has 0 aliphatic rings. The zero-order valence-corrected chi connectivity index (χ0v) is 8.31. The lowest BCUT2D eigenvalue weighted by atomic mass is 10.5. The summed E-state index contributed by atoms with van der Waals surface area (Å²) in [6.45, 7) is 2.93. The predicted molar refractivity (Wildman–Crippen MR) is 54.4 cm³/mol. The van der Waals surface area contributed by atoms with Crippen LogP contribution in [-0.2, 0) is 13.6 Å². The number of hydrogen-bond acceptors (Lipinski definition) is 3. The molecule has 0 amide bonds. The van der Waals surface area contributed by atoms with Crippen molar-refractivity contribution in [3.63, 3.8) is 0 Å². The van der Waals surface area contributed by atoms with Crippen molar-refractivity contribution in [3.8, 4) is 0 Å². The van der Waals surface area contributed by atoms with Gasteiger partial charge < -0.3 is 9.88 Å². The van der Waals surface area contributed by atoms with Gasteiger partial charge in [0, 0.05) is 32.2 Å². The lowest BCUT2D eigenvalue weighted by molar-refractivity contribution is 0.660. The van der Waals surface area contributed by atoms with Crippen LogP contribution in [0.5, 0.6) is 0 Å². The van der Waals surface area contributed by atoms with Crippen molar-refractivity contribution in [3.05, 3.63) is 24.8 Å². The highest BCUT2D eigenvalue weighted by atomic mass is 15.3. The molecule has 74 valence electrons. The predicted octanol–water partition coefficient (Wildman–Crippen LogP) is 1.38. The molecule has 0 unspecified atom stereocenters. The van der Waals surface area contributed by atoms with E-state index in [2.05, 4.69) is 22.3 Å². The summed E-state index contributed by atoms with van der Waals surface area (Å²) in [5.74, 6) is 0.820. The van der Waals surface area contributed by atoms with Gasteiger partial charge in [-0.1, -0.05) is 0 Å². The summed E-state index contributed by atoms with van der Waals surface area (Å²) >= 11 is 0. The fourth-order valence-corrected chi connectivity index (χ4v) is 1.22. The zero-order valence-electron chi connectivity index (χ0n) is 8.31. The minimum absolute atomic E-state index is 0.820. The third-order valence-electron chi connectivity index (χ3n) is 2.03. The number of hydrogen-bond donors (Lipinski definition) is 1. The molecule has 1 N–H and O–H groups in total. The number of aryl methyl sites for hydroxylation is 2. The highest BCUT2D eigenvalue weighted by molar-refractivity contribution is 5.50. The summed E-state index contributed by atoms with van der Waals surface area (Å²) in [6, 6.07) is 0. The molecule has 0 radical (unpaired) electrons. The molecule has 2 aromatic rings. The second-order valence-corrected chi connectivity index (χ2v) is 3.07. The van der Waals surface area contributed by atoms with E-state index in [1.54, 1.807) is 12.4 Å². The molecular weight excluding hydrogens is 178 g/mol. The van der Waals surface area contributed by atoms with Gasteiger partial charge in [0.15, 0.2) is 0 Å². The molecule has 2 rings (SSSR count). The van der Waals surface area contributed by atoms with Gasteiger partial charge in [-0.3, -0.25) is 4.68 Å². The Morgan fingerprint density at radius 2 is 2.36 bits per heavy atom. The Morgan fingerprint density at radius 1 is 1.50 bits per heavy atom. The molecule has 2 heterocycles. The molecule has 0 saturated carbocycles. The van der Waals surface area contributed by atoms with Crippen LogP contribution in [0, 0.1) is 0 Å². The van der Waals surface area contributed by atoms with Gasteiger partial charge in [0.2, 0.25) is 5.95 Å². The van der Waals surface area contributed by atoms with E-state index in [0.29, 0.717) is 0 Å². The number of nitrogens with one attached hydrogen (secondary N) is 1. The average Bonchev–Trinajstić information content (AvgIpc) is 2.77. The van der Waals surface area contributed by atoms with Crippen molar-refractivity contribution in [1.29, 1.82) is 0 Å². The summed E-state index contributed by atoms with van der Waals surface area (Å²) in [5.41, 5.74) is 0.959. The van der Waals surface area contributed by atoms with Crippen molar-refractivity contribution < 1.29 is 0 Å². The van der Waals surface area contributed by atoms with E-state index in [-0.39, 0.29) is 0 Å². The third kappa shape index (κ3) is 1.61. The molecule has 0 spiro atoms. The van der Waals surface area contributed by atoms with Crippen LogP contribution >= 0.6 is 0 Å². The maximum absolute atomic E-state index is 4.16. The number of aromatic nitrogens is 4. The van der Waals surface area contributed by atoms with E-state index in [1.807, 2.05) is 28.7 Å². The fourth-order valence-electron chi connectivity index (χ4n) is 1.22. The molecule has 2 aromatic heterocycles. The Hall–Kier alpha value is -1.78. The Kier molecular flexibility index (Phi) is 2.22. The van der Waals surface area contributed by atoms with Crippen LogP contribution in [0.1, 0.15) is 6.92 Å². The molecule has 0 aliphatic heterocycles. The van der Waals surface area contributed by atoms with Gasteiger partial charge in [0.05, 0.1) is 11.9 Å². The highest BCUT2D eigenvalue weighted by Crippen LogP contribution is 2.12. The molecule has 0 atom stereocenters. The first kappa shape index (κ1) is 8.80. The summed E-state index contributed by atoms with van der Waals surface area (Å²) in [4.78, 5) is 4.16. The summed E-state index contributed by atoms with van der Waals surface area (Å²) in [6.07, 6.45) is 7.39. The summed E-state index contributed by atoms with van der Waals surface area (Å²) in [7, 11) is 1.94. The standard InChI is InChI=1S/C9H13N5/c1-3-14-7-8(6-11-14)12-9-10-4-5-13(9)2/h4-7H,3H2,1-2H3,(H,10,12). The van der Waals surface area contributed by atoms with Gasteiger partial charge in [-0.2, -0.15) is 5.10 Å². The molecular formula is C9H13N5. The Balaban J connectivity index is 2.15. The molecule has 0 saturated heterocycles. The average molecular weight is 191 g/mol. The topological polar surface area (TPSA) is 47.7 Å². The lowest BCUT2D eigenvalue weighted by Crippen LogP contribution is -1.97. The quantitative estimate of drug-likeness (QED) is 0.797. The van der Waals surface area contributed by atoms with Crippen LogP contribution in [0.25, 0.3) is 0 Å². The first-order valence-electron chi connectivity index (χ1n) is 4.56. The maximum atomic E-state index is 4.16. The van der Waals surface area contributed by atoms with E-state index in [1.165, 1.54) is 0 Å². The van der Waals surface area contributed by atoms with Gasteiger partial charge in [0.25, 0.3) is 0 Å². The van der Waals surface area contributed by atoms with E-state index in [4.69, 9.17) is 0 Å². The minimum Gasteiger partial charge on any atom is -0.323 e. The third-order valence-corrected chi connectivity index (χ3v) is 2.03. The molecule has 0 fully saturated rings. The first-order chi connectivity index (χ1) is 6.79. The van der Waals surface area contributed by atoms with E-state index >= 15 is 0 Å². The van der Waals surface area contributed by atoms with Gasteiger partial charge in [0.1, 0.15) is 0 Å². The van der Waals surface area contributed by atoms with E-state index < -0.39 is 0 Å². The highest BCUT2D eigenvalue weighted by Gasteiger charge is 2.01. The number of nitrogens with zero attached hydrogens (tertiary/aromatic N) is 4. The molecule has 0 aliphatic carbocycles.